The summed E-state index contributed by atoms with van der Waals surface area (Å²) in [5.41, 5.74) is 4.13. The van der Waals surface area contributed by atoms with E-state index in [0.717, 1.165) is 33.6 Å². The number of pyridine rings is 1. The maximum absolute atomic E-state index is 4.69. The molecule has 0 aliphatic carbocycles. The van der Waals surface area contributed by atoms with Crippen molar-refractivity contribution >= 4 is 32.7 Å². The number of nitrogens with zero attached hydrogens (tertiary/aromatic N) is 3. The fourth-order valence-electron chi connectivity index (χ4n) is 4.04. The van der Waals surface area contributed by atoms with E-state index in [1.165, 1.54) is 16.2 Å². The maximum atomic E-state index is 4.69. The second-order valence-electron chi connectivity index (χ2n) is 6.90. The normalized spacial score (nSPS) is 11.6. The predicted molar refractivity (Wildman–Crippen MR) is 114 cm³/mol. The van der Waals surface area contributed by atoms with Gasteiger partial charge >= 0.3 is 0 Å². The van der Waals surface area contributed by atoms with E-state index in [4.69, 9.17) is 4.98 Å². The molecule has 6 aromatic rings. The first-order valence-corrected chi connectivity index (χ1v) is 9.28. The molecule has 3 heterocycles. The minimum absolute atomic E-state index is 0.841. The van der Waals surface area contributed by atoms with Crippen molar-refractivity contribution in [2.75, 3.05) is 0 Å². The zero-order chi connectivity index (χ0) is 18.5. The van der Waals surface area contributed by atoms with Crippen LogP contribution in [0, 0.1) is 0 Å². The Hall–Kier alpha value is -3.92. The minimum Gasteiger partial charge on any atom is -0.276 e. The first kappa shape index (κ1) is 15.2. The molecule has 0 radical (unpaired) electrons. The lowest BCUT2D eigenvalue weighted by atomic mass is 10.0. The van der Waals surface area contributed by atoms with Crippen LogP contribution in [0.2, 0.25) is 0 Å². The summed E-state index contributed by atoms with van der Waals surface area (Å²) in [4.78, 5) is 4.69. The highest BCUT2D eigenvalue weighted by Gasteiger charge is 2.17. The quantitative estimate of drug-likeness (QED) is 0.429. The molecule has 0 unspecified atom stereocenters. The third-order valence-corrected chi connectivity index (χ3v) is 5.29. The number of nitrogens with one attached hydrogen (secondary N) is 1. The van der Waals surface area contributed by atoms with Crippen molar-refractivity contribution < 1.29 is 0 Å². The van der Waals surface area contributed by atoms with Crippen molar-refractivity contribution in [2.24, 2.45) is 0 Å². The average Bonchev–Trinajstić information content (AvgIpc) is 3.37. The molecule has 0 fully saturated rings. The summed E-state index contributed by atoms with van der Waals surface area (Å²) in [5, 5.41) is 12.6. The second kappa shape index (κ2) is 5.79. The molecule has 0 spiro atoms. The Kier molecular flexibility index (Phi) is 3.14. The number of aromatic nitrogens is 4. The summed E-state index contributed by atoms with van der Waals surface area (Å²) >= 11 is 0. The highest BCUT2D eigenvalue weighted by Crippen LogP contribution is 2.35. The van der Waals surface area contributed by atoms with Gasteiger partial charge in [0.05, 0.1) is 11.2 Å². The van der Waals surface area contributed by atoms with Crippen LogP contribution in [0.5, 0.6) is 0 Å². The van der Waals surface area contributed by atoms with E-state index in [2.05, 4.69) is 75.4 Å². The number of aromatic amines is 1. The summed E-state index contributed by atoms with van der Waals surface area (Å²) in [7, 11) is 0. The standard InChI is InChI=1S/C24H16N4/c1-2-8-17(9-3-1)20-15-22(27-26-20)28-21-13-12-16-7-4-5-10-18(16)23(21)19-11-6-14-25-24(19)28/h1-15H,(H,26,27). The van der Waals surface area contributed by atoms with Crippen molar-refractivity contribution in [2.45, 2.75) is 0 Å². The van der Waals surface area contributed by atoms with Crippen molar-refractivity contribution in [1.29, 1.82) is 0 Å². The Balaban J connectivity index is 1.69. The van der Waals surface area contributed by atoms with Gasteiger partial charge in [-0.25, -0.2) is 4.98 Å². The van der Waals surface area contributed by atoms with Gasteiger partial charge in [0.25, 0.3) is 0 Å². The van der Waals surface area contributed by atoms with Gasteiger partial charge in [0.15, 0.2) is 5.82 Å². The molecule has 132 valence electrons. The van der Waals surface area contributed by atoms with Crippen LogP contribution in [-0.4, -0.2) is 19.7 Å². The lowest BCUT2D eigenvalue weighted by molar-refractivity contribution is 0.999. The molecule has 6 rings (SSSR count). The molecule has 3 aromatic heterocycles. The summed E-state index contributed by atoms with van der Waals surface area (Å²) in [5.74, 6) is 0.841. The van der Waals surface area contributed by atoms with Gasteiger partial charge in [-0.1, -0.05) is 60.7 Å². The predicted octanol–water partition coefficient (Wildman–Crippen LogP) is 5.72. The lowest BCUT2D eigenvalue weighted by Crippen LogP contribution is -1.95. The lowest BCUT2D eigenvalue weighted by Gasteiger charge is -2.03. The van der Waals surface area contributed by atoms with E-state index >= 15 is 0 Å². The van der Waals surface area contributed by atoms with Gasteiger partial charge in [0, 0.05) is 23.0 Å². The summed E-state index contributed by atoms with van der Waals surface area (Å²) in [6.07, 6.45) is 1.84. The Labute approximate surface area is 161 Å². The zero-order valence-corrected chi connectivity index (χ0v) is 15.0. The Morgan fingerprint density at radius 2 is 1.57 bits per heavy atom. The number of benzene rings is 3. The van der Waals surface area contributed by atoms with Gasteiger partial charge < -0.3 is 0 Å². The van der Waals surface area contributed by atoms with Crippen molar-refractivity contribution in [3.8, 4) is 17.1 Å². The third kappa shape index (κ3) is 2.12. The van der Waals surface area contributed by atoms with Gasteiger partial charge in [0.1, 0.15) is 5.65 Å². The Bertz CT molecular complexity index is 1460. The molecule has 28 heavy (non-hydrogen) atoms. The van der Waals surface area contributed by atoms with Crippen LogP contribution in [0.3, 0.4) is 0 Å². The average molecular weight is 360 g/mol. The molecule has 0 saturated carbocycles. The van der Waals surface area contributed by atoms with Crippen molar-refractivity contribution in [3.05, 3.63) is 91.1 Å². The fourth-order valence-corrected chi connectivity index (χ4v) is 4.04. The molecule has 0 amide bonds. The summed E-state index contributed by atoms with van der Waals surface area (Å²) in [6.45, 7) is 0. The Morgan fingerprint density at radius 1 is 0.750 bits per heavy atom. The van der Waals surface area contributed by atoms with Gasteiger partial charge in [-0.15, -0.1) is 0 Å². The zero-order valence-electron chi connectivity index (χ0n) is 15.0. The molecule has 0 saturated heterocycles. The maximum Gasteiger partial charge on any atom is 0.161 e. The highest BCUT2D eigenvalue weighted by molar-refractivity contribution is 6.20. The van der Waals surface area contributed by atoms with Crippen LogP contribution in [0.4, 0.5) is 0 Å². The molecular formula is C24H16N4. The van der Waals surface area contributed by atoms with Gasteiger partial charge in [-0.3, -0.25) is 9.67 Å². The summed E-state index contributed by atoms with van der Waals surface area (Å²) in [6, 6.07) is 29.3. The molecule has 4 heteroatoms. The van der Waals surface area contributed by atoms with Crippen molar-refractivity contribution in [3.63, 3.8) is 0 Å². The number of hydrogen-bond acceptors (Lipinski definition) is 2. The number of hydrogen-bond donors (Lipinski definition) is 1. The molecule has 3 aromatic carbocycles. The highest BCUT2D eigenvalue weighted by atomic mass is 15.2. The van der Waals surface area contributed by atoms with Crippen LogP contribution in [0.15, 0.2) is 91.1 Å². The van der Waals surface area contributed by atoms with Crippen molar-refractivity contribution in [1.82, 2.24) is 19.7 Å². The van der Waals surface area contributed by atoms with E-state index in [-0.39, 0.29) is 0 Å². The topological polar surface area (TPSA) is 46.5 Å². The first-order chi connectivity index (χ1) is 13.9. The molecule has 0 atom stereocenters. The van der Waals surface area contributed by atoms with Crippen LogP contribution < -0.4 is 0 Å². The molecule has 1 N–H and O–H groups in total. The van der Waals surface area contributed by atoms with E-state index in [1.54, 1.807) is 0 Å². The number of fused-ring (bicyclic) bond motifs is 5. The van der Waals surface area contributed by atoms with Crippen LogP contribution in [-0.2, 0) is 0 Å². The third-order valence-electron chi connectivity index (χ3n) is 5.29. The smallest absolute Gasteiger partial charge is 0.161 e. The first-order valence-electron chi connectivity index (χ1n) is 9.28. The van der Waals surface area contributed by atoms with Gasteiger partial charge in [-0.05, 0) is 34.5 Å². The molecule has 4 nitrogen and oxygen atoms in total. The number of H-pyrrole nitrogens is 1. The molecule has 0 aliphatic rings. The summed E-state index contributed by atoms with van der Waals surface area (Å²) < 4.78 is 2.14. The van der Waals surface area contributed by atoms with Gasteiger partial charge in [-0.2, -0.15) is 5.10 Å². The molecular weight excluding hydrogens is 344 g/mol. The van der Waals surface area contributed by atoms with Crippen LogP contribution >= 0.6 is 0 Å². The molecule has 0 bridgehead atoms. The number of rotatable bonds is 2. The minimum atomic E-state index is 0.841. The van der Waals surface area contributed by atoms with Crippen LogP contribution in [0.25, 0.3) is 49.8 Å². The fraction of sp³-hybridized carbons (Fsp3) is 0. The molecule has 0 aliphatic heterocycles. The van der Waals surface area contributed by atoms with E-state index in [9.17, 15) is 0 Å². The van der Waals surface area contributed by atoms with Crippen LogP contribution in [0.1, 0.15) is 0 Å². The SMILES string of the molecule is c1ccc(-c2cc(-n3c4ccc5ccccc5c4c4cccnc43)n[nH]2)cc1. The van der Waals surface area contributed by atoms with E-state index in [0.29, 0.717) is 0 Å². The Morgan fingerprint density at radius 3 is 2.50 bits per heavy atom. The second-order valence-corrected chi connectivity index (χ2v) is 6.90. The van der Waals surface area contributed by atoms with E-state index < -0.39 is 0 Å². The van der Waals surface area contributed by atoms with E-state index in [1.807, 2.05) is 30.5 Å². The van der Waals surface area contributed by atoms with Gasteiger partial charge in [0.2, 0.25) is 0 Å². The largest absolute Gasteiger partial charge is 0.276 e. The monoisotopic (exact) mass is 360 g/mol.